The fraction of sp³-hybridized carbons (Fsp3) is 0. The number of benzene rings is 6. The number of carbonyl (C=O) groups excluding carboxylic acids is 2. The molecule has 4 heterocycles. The van der Waals surface area contributed by atoms with Crippen molar-refractivity contribution in [2.45, 2.75) is 0 Å². The predicted octanol–water partition coefficient (Wildman–Crippen LogP) is 5.11. The number of para-hydroxylation sites is 2. The van der Waals surface area contributed by atoms with E-state index in [1.807, 2.05) is 133 Å². The molecule has 0 saturated heterocycles. The monoisotopic (exact) mass is 932 g/mol. The number of carbonyl (C=O) groups is 2. The Bertz CT molecular complexity index is 3080. The van der Waals surface area contributed by atoms with Crippen molar-refractivity contribution in [3.8, 4) is 0 Å². The van der Waals surface area contributed by atoms with Crippen molar-refractivity contribution in [2.75, 3.05) is 0 Å². The molecule has 2 amide bonds. The number of amides is 2. The Kier molecular flexibility index (Phi) is 14.1. The number of nitrogens with one attached hydrogen (secondary N) is 2. The molecule has 2 N–H and O–H groups in total. The van der Waals surface area contributed by atoms with E-state index in [0.29, 0.717) is 32.6 Å². The van der Waals surface area contributed by atoms with Crippen LogP contribution in [0.15, 0.2) is 165 Å². The van der Waals surface area contributed by atoms with Gasteiger partial charge in [0.25, 0.3) is 0 Å². The molecule has 0 bridgehead atoms. The molecule has 0 spiro atoms. The van der Waals surface area contributed by atoms with Crippen LogP contribution in [-0.2, 0) is 19.5 Å². The number of aromatic nitrogens is 2. The van der Waals surface area contributed by atoms with E-state index in [-0.39, 0.29) is 55.8 Å². The topological polar surface area (TPSA) is 135 Å². The smallest absolute Gasteiger partial charge is 1.00 e. The van der Waals surface area contributed by atoms with Crippen LogP contribution in [0.5, 0.6) is 0 Å². The second-order valence-corrected chi connectivity index (χ2v) is 13.9. The Morgan fingerprint density at radius 1 is 0.492 bits per heavy atom. The summed E-state index contributed by atoms with van der Waals surface area (Å²) in [4.78, 5) is 33.6. The van der Waals surface area contributed by atoms with Crippen molar-refractivity contribution in [3.63, 3.8) is 0 Å². The minimum Gasteiger partial charge on any atom is -1.00 e. The molecular formula is C46H28Cl4N6O4Zn. The first-order chi connectivity index (χ1) is 28.4. The minimum absolute atomic E-state index is 0. The van der Waals surface area contributed by atoms with E-state index < -0.39 is 11.8 Å². The Labute approximate surface area is 382 Å². The summed E-state index contributed by atoms with van der Waals surface area (Å²) in [7, 11) is 0. The molecule has 10 aromatic rings. The second-order valence-electron chi connectivity index (χ2n) is 13.1. The van der Waals surface area contributed by atoms with Crippen LogP contribution in [0, 0.1) is 0 Å². The average molecular weight is 936 g/mol. The van der Waals surface area contributed by atoms with Crippen LogP contribution in [0.2, 0.25) is 10.3 Å². The number of hydrogen-bond acceptors (Lipinski definition) is 8. The molecule has 0 atom stereocenters. The zero-order chi connectivity index (χ0) is 39.6. The maximum Gasteiger partial charge on any atom is 2.00 e. The number of nitrogens with zero attached hydrogens (tertiary/aromatic N) is 4. The van der Waals surface area contributed by atoms with Gasteiger partial charge < -0.3 is 33.6 Å². The van der Waals surface area contributed by atoms with E-state index in [0.717, 1.165) is 54.1 Å². The van der Waals surface area contributed by atoms with Crippen molar-refractivity contribution in [3.05, 3.63) is 179 Å². The first-order valence-corrected chi connectivity index (χ1v) is 18.7. The summed E-state index contributed by atoms with van der Waals surface area (Å²) in [6, 6.07) is 46.1. The summed E-state index contributed by atoms with van der Waals surface area (Å²) in [5.41, 5.74) is 9.09. The van der Waals surface area contributed by atoms with Gasteiger partial charge in [-0.05, 0) is 70.1 Å². The fourth-order valence-corrected chi connectivity index (χ4v) is 7.03. The Hall–Kier alpha value is -6.20. The summed E-state index contributed by atoms with van der Waals surface area (Å²) < 4.78 is 11.4. The number of hydrazone groups is 2. The van der Waals surface area contributed by atoms with Gasteiger partial charge in [0, 0.05) is 32.7 Å². The van der Waals surface area contributed by atoms with Crippen molar-refractivity contribution in [2.24, 2.45) is 10.2 Å². The average Bonchev–Trinajstić information content (AvgIpc) is 3.90. The quantitative estimate of drug-likeness (QED) is 0.103. The largest absolute Gasteiger partial charge is 2.00 e. The van der Waals surface area contributed by atoms with Gasteiger partial charge in [0.1, 0.15) is 21.5 Å². The summed E-state index contributed by atoms with van der Waals surface area (Å²) in [6.07, 6.45) is 2.94. The predicted molar refractivity (Wildman–Crippen MR) is 231 cm³/mol. The van der Waals surface area contributed by atoms with Gasteiger partial charge in [-0.1, -0.05) is 120 Å². The van der Waals surface area contributed by atoms with E-state index >= 15 is 0 Å². The van der Waals surface area contributed by atoms with Crippen molar-refractivity contribution < 1.29 is 62.7 Å². The maximum atomic E-state index is 12.5. The minimum atomic E-state index is -0.439. The molecule has 0 saturated carbocycles. The van der Waals surface area contributed by atoms with E-state index in [4.69, 9.17) is 32.0 Å². The first kappa shape index (κ1) is 44.4. The molecule has 6 aromatic carbocycles. The third-order valence-electron chi connectivity index (χ3n) is 9.45. The normalized spacial score (nSPS) is 11.0. The van der Waals surface area contributed by atoms with Crippen LogP contribution in [0.1, 0.15) is 32.2 Å². The zero-order valence-corrected chi connectivity index (χ0v) is 37.6. The van der Waals surface area contributed by atoms with Gasteiger partial charge in [0.05, 0.1) is 23.5 Å². The molecule has 0 unspecified atom stereocenters. The number of halogens is 4. The molecule has 10 rings (SSSR count). The summed E-state index contributed by atoms with van der Waals surface area (Å²) in [6.45, 7) is 0. The maximum absolute atomic E-state index is 12.5. The summed E-state index contributed by atoms with van der Waals surface area (Å²) in [5, 5.41) is 16.5. The zero-order valence-electron chi connectivity index (χ0n) is 31.7. The fourth-order valence-electron chi connectivity index (χ4n) is 6.64. The molecule has 61 heavy (non-hydrogen) atoms. The molecular weight excluding hydrogens is 908 g/mol. The van der Waals surface area contributed by atoms with Crippen LogP contribution in [0.3, 0.4) is 0 Å². The molecule has 0 radical (unpaired) electrons. The van der Waals surface area contributed by atoms with Crippen LogP contribution in [-0.4, -0.2) is 34.2 Å². The van der Waals surface area contributed by atoms with Gasteiger partial charge in [0.2, 0.25) is 0 Å². The number of furan rings is 2. The molecule has 296 valence electrons. The van der Waals surface area contributed by atoms with Gasteiger partial charge in [-0.3, -0.25) is 9.59 Å². The molecule has 15 heteroatoms. The summed E-state index contributed by atoms with van der Waals surface area (Å²) >= 11 is 12.4. The van der Waals surface area contributed by atoms with E-state index in [9.17, 15) is 9.59 Å². The molecule has 0 aliphatic rings. The number of fused-ring (bicyclic) bond motifs is 8. The number of rotatable bonds is 6. The Morgan fingerprint density at radius 3 is 1.30 bits per heavy atom. The van der Waals surface area contributed by atoms with Crippen LogP contribution < -0.4 is 35.7 Å². The van der Waals surface area contributed by atoms with Crippen molar-refractivity contribution in [1.29, 1.82) is 0 Å². The SMILES string of the molecule is O=C(N/N=C/c1cc2ccccc2nc1Cl)c1cc2c(ccc3ccccc32)o1.O=C(N/N=C/c1cc2ccccc2nc1Cl)c1cc2c(ccc3ccccc32)o1.[Cl-].[Cl-].[Zn+2]. The Balaban J connectivity index is 0.000000194. The molecule has 4 aromatic heterocycles. The van der Waals surface area contributed by atoms with E-state index in [1.165, 1.54) is 12.4 Å². The van der Waals surface area contributed by atoms with Gasteiger partial charge in [-0.15, -0.1) is 0 Å². The molecule has 0 fully saturated rings. The third-order valence-corrected chi connectivity index (χ3v) is 10.1. The van der Waals surface area contributed by atoms with E-state index in [2.05, 4.69) is 31.0 Å². The number of hydrogen-bond donors (Lipinski definition) is 2. The molecule has 10 nitrogen and oxygen atoms in total. The molecule has 0 aliphatic carbocycles. The van der Waals surface area contributed by atoms with Crippen molar-refractivity contribution >= 4 is 113 Å². The first-order valence-electron chi connectivity index (χ1n) is 18.0. The van der Waals surface area contributed by atoms with Gasteiger partial charge >= 0.3 is 31.3 Å². The number of pyridine rings is 2. The second kappa shape index (κ2) is 19.5. The van der Waals surface area contributed by atoms with Crippen LogP contribution in [0.25, 0.3) is 65.3 Å². The van der Waals surface area contributed by atoms with Crippen molar-refractivity contribution in [1.82, 2.24) is 20.8 Å². The van der Waals surface area contributed by atoms with Gasteiger partial charge in [-0.2, -0.15) is 10.2 Å². The summed E-state index contributed by atoms with van der Waals surface area (Å²) in [5.74, 6) is -0.495. The van der Waals surface area contributed by atoms with Gasteiger partial charge in [0.15, 0.2) is 11.5 Å². The third kappa shape index (κ3) is 9.42. The molecule has 0 aliphatic heterocycles. The van der Waals surface area contributed by atoms with Crippen LogP contribution in [0.4, 0.5) is 0 Å². The standard InChI is InChI=1S/2C23H14ClN3O2.2ClH.Zn/c2*24-22-16(11-15-6-2-4-8-19(15)26-22)13-25-27-23(28)21-12-18-17-7-3-1-5-14(17)9-10-20(18)29-21;;;/h2*1-13H,(H,27,28);2*1H;/q;;;;+2/p-2/b2*25-13+;;;. The van der Waals surface area contributed by atoms with E-state index in [1.54, 1.807) is 12.1 Å². The van der Waals surface area contributed by atoms with Gasteiger partial charge in [-0.25, -0.2) is 20.8 Å². The van der Waals surface area contributed by atoms with Crippen LogP contribution >= 0.6 is 23.2 Å². The Morgan fingerprint density at radius 2 is 0.869 bits per heavy atom.